The van der Waals surface area contributed by atoms with Crippen LogP contribution in [0.4, 0.5) is 0 Å². The van der Waals surface area contributed by atoms with Crippen LogP contribution in [0.25, 0.3) is 0 Å². The zero-order chi connectivity index (χ0) is 12.0. The number of nitriles is 1. The molecule has 5 heteroatoms. The van der Waals surface area contributed by atoms with Crippen molar-refractivity contribution in [2.75, 3.05) is 0 Å². The fourth-order valence-corrected chi connectivity index (χ4v) is 2.15. The Hall–Kier alpha value is -1.38. The Balaban J connectivity index is 2.69. The van der Waals surface area contributed by atoms with Crippen LogP contribution in [0.2, 0.25) is 0 Å². The highest BCUT2D eigenvalue weighted by Crippen LogP contribution is 2.26. The summed E-state index contributed by atoms with van der Waals surface area (Å²) < 4.78 is 0.360. The molecule has 3 nitrogen and oxygen atoms in total. The van der Waals surface area contributed by atoms with Crippen LogP contribution in [0.15, 0.2) is 40.1 Å². The summed E-state index contributed by atoms with van der Waals surface area (Å²) in [5.74, 6) is -0.0916. The van der Waals surface area contributed by atoms with Crippen LogP contribution >= 0.6 is 24.4 Å². The number of thioether (sulfide) groups is 1. The molecule has 0 saturated carbocycles. The molecule has 2 N–H and O–H groups in total. The molecule has 0 bridgehead atoms. The van der Waals surface area contributed by atoms with Gasteiger partial charge in [0.25, 0.3) is 5.91 Å². The van der Waals surface area contributed by atoms with E-state index in [9.17, 15) is 4.79 Å². The van der Waals surface area contributed by atoms with E-state index in [1.54, 1.807) is 6.07 Å². The Morgan fingerprint density at radius 1 is 1.44 bits per heavy atom. The van der Waals surface area contributed by atoms with Crippen LogP contribution < -0.4 is 5.73 Å². The first-order valence-corrected chi connectivity index (χ1v) is 5.88. The molecule has 0 saturated heterocycles. The maximum Gasteiger partial charge on any atom is 0.261 e. The summed E-state index contributed by atoms with van der Waals surface area (Å²) in [6.45, 7) is 0. The summed E-state index contributed by atoms with van der Waals surface area (Å²) in [7, 11) is 0. The summed E-state index contributed by atoms with van der Waals surface area (Å²) in [6, 6.07) is 11.5. The van der Waals surface area contributed by atoms with Crippen molar-refractivity contribution in [3.05, 3.63) is 45.7 Å². The molecule has 0 spiro atoms. The normalized spacial score (nSPS) is 11.5. The Bertz CT molecular complexity index is 449. The maximum absolute atomic E-state index is 10.9. The van der Waals surface area contributed by atoms with Gasteiger partial charge in [-0.1, -0.05) is 30.3 Å². The molecule has 1 aromatic carbocycles. The number of rotatable bonds is 4. The fraction of sp³-hybridized carbons (Fsp3) is 0.0909. The lowest BCUT2D eigenvalue weighted by Gasteiger charge is -2.02. The molecule has 0 aliphatic rings. The zero-order valence-corrected chi connectivity index (χ0v) is 10.1. The minimum absolute atomic E-state index is 0.0933. The number of nitrogens with two attached hydrogens (primary N) is 1. The Labute approximate surface area is 104 Å². The molecule has 1 rings (SSSR count). The molecule has 0 fully saturated rings. The van der Waals surface area contributed by atoms with Gasteiger partial charge in [0.05, 0.1) is 4.24 Å². The topological polar surface area (TPSA) is 66.9 Å². The van der Waals surface area contributed by atoms with Gasteiger partial charge in [0.1, 0.15) is 11.6 Å². The number of primary amides is 1. The third kappa shape index (κ3) is 3.65. The number of carbonyl (C=O) groups is 1. The van der Waals surface area contributed by atoms with Crippen LogP contribution in [0.5, 0.6) is 0 Å². The monoisotopic (exact) mass is 250 g/mol. The molecule has 0 aliphatic carbocycles. The van der Waals surface area contributed by atoms with Gasteiger partial charge in [0.15, 0.2) is 0 Å². The first-order chi connectivity index (χ1) is 7.65. The zero-order valence-electron chi connectivity index (χ0n) is 8.38. The van der Waals surface area contributed by atoms with E-state index in [-0.39, 0.29) is 5.57 Å². The van der Waals surface area contributed by atoms with Gasteiger partial charge >= 0.3 is 0 Å². The molecule has 0 radical (unpaired) electrons. The van der Waals surface area contributed by atoms with Gasteiger partial charge in [-0.3, -0.25) is 4.79 Å². The standard InChI is InChI=1S/C11H10N2OS2/c12-6-9(10(13)14)11(15)16-7-8-4-2-1-3-5-8/h1-5,15H,7H2,(H2,13,14). The van der Waals surface area contributed by atoms with Gasteiger partial charge in [0, 0.05) is 5.75 Å². The highest BCUT2D eigenvalue weighted by molar-refractivity contribution is 8.15. The van der Waals surface area contributed by atoms with E-state index in [0.29, 0.717) is 9.99 Å². The van der Waals surface area contributed by atoms with Gasteiger partial charge in [-0.15, -0.1) is 24.4 Å². The smallest absolute Gasteiger partial charge is 0.261 e. The lowest BCUT2D eigenvalue weighted by Crippen LogP contribution is -2.13. The largest absolute Gasteiger partial charge is 0.365 e. The number of carbonyl (C=O) groups excluding carboxylic acids is 1. The van der Waals surface area contributed by atoms with E-state index in [1.165, 1.54) is 11.8 Å². The molecule has 1 amide bonds. The molecule has 0 unspecified atom stereocenters. The van der Waals surface area contributed by atoms with Crippen LogP contribution in [0, 0.1) is 11.3 Å². The molecule has 1 aromatic rings. The second-order valence-electron chi connectivity index (χ2n) is 2.93. The molecule has 82 valence electrons. The van der Waals surface area contributed by atoms with E-state index in [0.717, 1.165) is 5.56 Å². The molecular weight excluding hydrogens is 240 g/mol. The summed E-state index contributed by atoms with van der Waals surface area (Å²) in [4.78, 5) is 10.9. The number of amides is 1. The van der Waals surface area contributed by atoms with Crippen LogP contribution in [0.3, 0.4) is 0 Å². The third-order valence-corrected chi connectivity index (χ3v) is 3.36. The number of thiol groups is 1. The van der Waals surface area contributed by atoms with Crippen molar-refractivity contribution in [1.29, 1.82) is 5.26 Å². The van der Waals surface area contributed by atoms with Crippen molar-refractivity contribution in [1.82, 2.24) is 0 Å². The van der Waals surface area contributed by atoms with Gasteiger partial charge in [-0.05, 0) is 5.56 Å². The van der Waals surface area contributed by atoms with Crippen LogP contribution in [-0.4, -0.2) is 5.91 Å². The predicted octanol–water partition coefficient (Wildman–Crippen LogP) is 2.07. The second kappa shape index (κ2) is 6.26. The minimum Gasteiger partial charge on any atom is -0.365 e. The van der Waals surface area contributed by atoms with Crippen molar-refractivity contribution in [3.63, 3.8) is 0 Å². The van der Waals surface area contributed by atoms with Crippen molar-refractivity contribution >= 4 is 30.3 Å². The quantitative estimate of drug-likeness (QED) is 0.488. The molecule has 0 aromatic heterocycles. The average molecular weight is 250 g/mol. The second-order valence-corrected chi connectivity index (χ2v) is 4.67. The highest BCUT2D eigenvalue weighted by atomic mass is 32.2. The number of hydrogen-bond donors (Lipinski definition) is 2. The van der Waals surface area contributed by atoms with Crippen molar-refractivity contribution in [2.24, 2.45) is 5.73 Å². The van der Waals surface area contributed by atoms with Crippen molar-refractivity contribution in [3.8, 4) is 6.07 Å². The maximum atomic E-state index is 10.9. The van der Waals surface area contributed by atoms with Crippen LogP contribution in [0.1, 0.15) is 5.56 Å². The molecule has 0 atom stereocenters. The molecule has 0 heterocycles. The van der Waals surface area contributed by atoms with E-state index < -0.39 is 5.91 Å². The first-order valence-electron chi connectivity index (χ1n) is 4.45. The summed E-state index contributed by atoms with van der Waals surface area (Å²) in [5.41, 5.74) is 6.04. The Morgan fingerprint density at radius 3 is 2.56 bits per heavy atom. The average Bonchev–Trinajstić information content (AvgIpc) is 2.28. The fourth-order valence-electron chi connectivity index (χ4n) is 1.01. The van der Waals surface area contributed by atoms with Crippen molar-refractivity contribution in [2.45, 2.75) is 5.75 Å². The van der Waals surface area contributed by atoms with Crippen molar-refractivity contribution < 1.29 is 4.79 Å². The van der Waals surface area contributed by atoms with Gasteiger partial charge < -0.3 is 5.73 Å². The lowest BCUT2D eigenvalue weighted by atomic mass is 10.2. The third-order valence-electron chi connectivity index (χ3n) is 1.79. The van der Waals surface area contributed by atoms with E-state index in [4.69, 9.17) is 11.0 Å². The predicted molar refractivity (Wildman–Crippen MR) is 68.6 cm³/mol. The number of nitrogens with zero attached hydrogens (tertiary/aromatic N) is 1. The molecule has 0 aliphatic heterocycles. The summed E-state index contributed by atoms with van der Waals surface area (Å²) in [5, 5.41) is 8.69. The first kappa shape index (κ1) is 12.7. The Kier molecular flexibility index (Phi) is 4.96. The lowest BCUT2D eigenvalue weighted by molar-refractivity contribution is -0.114. The Morgan fingerprint density at radius 2 is 2.06 bits per heavy atom. The van der Waals surface area contributed by atoms with Crippen LogP contribution in [-0.2, 0) is 10.5 Å². The number of benzene rings is 1. The van der Waals surface area contributed by atoms with Gasteiger partial charge in [0.2, 0.25) is 0 Å². The SMILES string of the molecule is N#CC(C(N)=O)=C(S)SCc1ccccc1. The van der Waals surface area contributed by atoms with E-state index >= 15 is 0 Å². The summed E-state index contributed by atoms with van der Waals surface area (Å²) >= 11 is 5.41. The van der Waals surface area contributed by atoms with E-state index in [1.807, 2.05) is 30.3 Å². The minimum atomic E-state index is -0.743. The van der Waals surface area contributed by atoms with Gasteiger partial charge in [-0.2, -0.15) is 5.26 Å². The summed E-state index contributed by atoms with van der Waals surface area (Å²) in [6.07, 6.45) is 0. The molecule has 16 heavy (non-hydrogen) atoms. The molecular formula is C11H10N2OS2. The highest BCUT2D eigenvalue weighted by Gasteiger charge is 2.09. The van der Waals surface area contributed by atoms with E-state index in [2.05, 4.69) is 12.6 Å². The number of hydrogen-bond acceptors (Lipinski definition) is 4. The van der Waals surface area contributed by atoms with Gasteiger partial charge in [-0.25, -0.2) is 0 Å².